The Kier molecular flexibility index (Phi) is 6.08. The lowest BCUT2D eigenvalue weighted by Gasteiger charge is -2.29. The molecule has 0 bridgehead atoms. The maximum atomic E-state index is 13.5. The van der Waals surface area contributed by atoms with Crippen LogP contribution in [0.2, 0.25) is 0 Å². The van der Waals surface area contributed by atoms with Crippen molar-refractivity contribution >= 4 is 0 Å². The first kappa shape index (κ1) is 16.3. The number of benzene rings is 1. The molecule has 1 heterocycles. The Bertz CT molecular complexity index is 448. The second-order valence-electron chi connectivity index (χ2n) is 5.92. The van der Waals surface area contributed by atoms with E-state index in [1.54, 1.807) is 0 Å². The Labute approximate surface area is 125 Å². The predicted octanol–water partition coefficient (Wildman–Crippen LogP) is 2.32. The summed E-state index contributed by atoms with van der Waals surface area (Å²) < 4.78 is 26.3. The molecule has 2 N–H and O–H groups in total. The summed E-state index contributed by atoms with van der Waals surface area (Å²) in [6, 6.07) is 3.27. The van der Waals surface area contributed by atoms with Crippen molar-refractivity contribution in [3.63, 3.8) is 0 Å². The Balaban J connectivity index is 1.68. The molecule has 0 saturated carbocycles. The summed E-state index contributed by atoms with van der Waals surface area (Å²) in [6.45, 7) is 3.39. The number of hydrogen-bond donors (Lipinski definition) is 2. The normalized spacial score (nSPS) is 18.9. The molecule has 1 fully saturated rings. The molecule has 0 aromatic heterocycles. The molecule has 1 aliphatic heterocycles. The van der Waals surface area contributed by atoms with Gasteiger partial charge in [0, 0.05) is 18.2 Å². The highest BCUT2D eigenvalue weighted by Crippen LogP contribution is 2.19. The van der Waals surface area contributed by atoms with E-state index in [9.17, 15) is 13.9 Å². The van der Waals surface area contributed by atoms with Crippen LogP contribution in [0.1, 0.15) is 30.9 Å². The van der Waals surface area contributed by atoms with Gasteiger partial charge in [0.05, 0.1) is 6.10 Å². The van der Waals surface area contributed by atoms with E-state index in [4.69, 9.17) is 0 Å². The molecule has 3 nitrogen and oxygen atoms in total. The first-order valence-electron chi connectivity index (χ1n) is 7.58. The summed E-state index contributed by atoms with van der Waals surface area (Å²) in [5.74, 6) is -0.591. The van der Waals surface area contributed by atoms with E-state index in [2.05, 4.69) is 17.3 Å². The predicted molar refractivity (Wildman–Crippen MR) is 79.0 cm³/mol. The molecule has 0 amide bonds. The number of aliphatic hydroxyl groups excluding tert-OH is 1. The Morgan fingerprint density at radius 3 is 2.71 bits per heavy atom. The van der Waals surface area contributed by atoms with Crippen molar-refractivity contribution in [3.05, 3.63) is 35.4 Å². The zero-order valence-corrected chi connectivity index (χ0v) is 12.5. The van der Waals surface area contributed by atoms with Gasteiger partial charge in [-0.25, -0.2) is 8.78 Å². The maximum Gasteiger partial charge on any atom is 0.131 e. The van der Waals surface area contributed by atoms with Crippen molar-refractivity contribution in [1.29, 1.82) is 0 Å². The van der Waals surface area contributed by atoms with Crippen LogP contribution in [0.25, 0.3) is 0 Å². The monoisotopic (exact) mass is 298 g/mol. The molecule has 5 heteroatoms. The van der Waals surface area contributed by atoms with Crippen LogP contribution < -0.4 is 5.32 Å². The fourth-order valence-corrected chi connectivity index (χ4v) is 2.78. The fourth-order valence-electron chi connectivity index (χ4n) is 2.78. The Morgan fingerprint density at radius 2 is 2.05 bits per heavy atom. The second kappa shape index (κ2) is 7.82. The van der Waals surface area contributed by atoms with Crippen LogP contribution in [0, 0.1) is 17.6 Å². The summed E-state index contributed by atoms with van der Waals surface area (Å²) in [7, 11) is 2.14. The minimum Gasteiger partial charge on any atom is -0.387 e. The van der Waals surface area contributed by atoms with E-state index in [1.165, 1.54) is 25.0 Å². The van der Waals surface area contributed by atoms with Gasteiger partial charge in [0.2, 0.25) is 0 Å². The van der Waals surface area contributed by atoms with Crippen molar-refractivity contribution in [2.24, 2.45) is 5.92 Å². The third kappa shape index (κ3) is 5.02. The summed E-state index contributed by atoms with van der Waals surface area (Å²) >= 11 is 0. The van der Waals surface area contributed by atoms with Gasteiger partial charge in [0.15, 0.2) is 0 Å². The molecule has 0 radical (unpaired) electrons. The van der Waals surface area contributed by atoms with Crippen molar-refractivity contribution in [1.82, 2.24) is 10.2 Å². The number of rotatable bonds is 6. The molecule has 1 aromatic rings. The van der Waals surface area contributed by atoms with Crippen LogP contribution in [-0.4, -0.2) is 43.2 Å². The summed E-state index contributed by atoms with van der Waals surface area (Å²) in [4.78, 5) is 2.34. The Hall–Kier alpha value is -1.04. The van der Waals surface area contributed by atoms with Crippen molar-refractivity contribution in [3.8, 4) is 0 Å². The molecule has 21 heavy (non-hydrogen) atoms. The number of aliphatic hydroxyl groups is 1. The number of nitrogens with zero attached hydrogens (tertiary/aromatic N) is 1. The maximum absolute atomic E-state index is 13.5. The lowest BCUT2D eigenvalue weighted by molar-refractivity contribution is 0.166. The number of hydrogen-bond acceptors (Lipinski definition) is 3. The number of likely N-dealkylation sites (tertiary alicyclic amines) is 1. The smallest absolute Gasteiger partial charge is 0.131 e. The standard InChI is InChI=1S/C16H24F2N2O/c1-20-8-5-12(6-9-20)4-7-19-11-16(21)14-3-2-13(17)10-15(14)18/h2-3,10,12,16,19,21H,4-9,11H2,1H3. The number of nitrogens with one attached hydrogen (secondary N) is 1. The topological polar surface area (TPSA) is 35.5 Å². The molecule has 1 atom stereocenters. The van der Waals surface area contributed by atoms with Gasteiger partial charge in [0.25, 0.3) is 0 Å². The average molecular weight is 298 g/mol. The molecule has 0 spiro atoms. The van der Waals surface area contributed by atoms with Crippen LogP contribution in [0.4, 0.5) is 8.78 Å². The van der Waals surface area contributed by atoms with Crippen LogP contribution in [0.3, 0.4) is 0 Å². The van der Waals surface area contributed by atoms with E-state index in [1.807, 2.05) is 0 Å². The molecule has 118 valence electrons. The summed E-state index contributed by atoms with van der Waals surface area (Å²) in [5.41, 5.74) is 0.142. The SMILES string of the molecule is CN1CCC(CCNCC(O)c2ccc(F)cc2F)CC1. The zero-order valence-electron chi connectivity index (χ0n) is 12.5. The van der Waals surface area contributed by atoms with Crippen molar-refractivity contribution in [2.75, 3.05) is 33.2 Å². The van der Waals surface area contributed by atoms with Crippen molar-refractivity contribution < 1.29 is 13.9 Å². The van der Waals surface area contributed by atoms with Gasteiger partial charge in [-0.1, -0.05) is 6.07 Å². The second-order valence-corrected chi connectivity index (χ2v) is 5.92. The largest absolute Gasteiger partial charge is 0.387 e. The average Bonchev–Trinajstić information content (AvgIpc) is 2.45. The van der Waals surface area contributed by atoms with Gasteiger partial charge >= 0.3 is 0 Å². The molecule has 1 aromatic carbocycles. The first-order chi connectivity index (χ1) is 10.1. The van der Waals surface area contributed by atoms with Crippen LogP contribution in [0.5, 0.6) is 0 Å². The third-order valence-corrected chi connectivity index (χ3v) is 4.23. The van der Waals surface area contributed by atoms with E-state index >= 15 is 0 Å². The van der Waals surface area contributed by atoms with Gasteiger partial charge in [-0.3, -0.25) is 0 Å². The minimum atomic E-state index is -0.942. The van der Waals surface area contributed by atoms with E-state index in [0.29, 0.717) is 0 Å². The minimum absolute atomic E-state index is 0.142. The van der Waals surface area contributed by atoms with E-state index in [-0.39, 0.29) is 12.1 Å². The van der Waals surface area contributed by atoms with Gasteiger partial charge < -0.3 is 15.3 Å². The number of halogens is 2. The molecule has 1 unspecified atom stereocenters. The molecule has 2 rings (SSSR count). The lowest BCUT2D eigenvalue weighted by Crippen LogP contribution is -2.32. The van der Waals surface area contributed by atoms with Gasteiger partial charge in [0.1, 0.15) is 11.6 Å². The molecule has 0 aliphatic carbocycles. The third-order valence-electron chi connectivity index (χ3n) is 4.23. The van der Waals surface area contributed by atoms with Crippen LogP contribution in [0.15, 0.2) is 18.2 Å². The Morgan fingerprint density at radius 1 is 1.33 bits per heavy atom. The first-order valence-corrected chi connectivity index (χ1v) is 7.58. The van der Waals surface area contributed by atoms with Gasteiger partial charge in [-0.15, -0.1) is 0 Å². The van der Waals surface area contributed by atoms with Gasteiger partial charge in [-0.2, -0.15) is 0 Å². The van der Waals surface area contributed by atoms with Crippen LogP contribution >= 0.6 is 0 Å². The zero-order chi connectivity index (χ0) is 15.2. The van der Waals surface area contributed by atoms with Gasteiger partial charge in [-0.05, 0) is 57.9 Å². The molecular weight excluding hydrogens is 274 g/mol. The lowest BCUT2D eigenvalue weighted by atomic mass is 9.94. The van der Waals surface area contributed by atoms with E-state index in [0.717, 1.165) is 38.0 Å². The summed E-state index contributed by atoms with van der Waals surface area (Å²) in [5, 5.41) is 13.1. The van der Waals surface area contributed by atoms with E-state index < -0.39 is 17.7 Å². The van der Waals surface area contributed by atoms with Crippen LogP contribution in [-0.2, 0) is 0 Å². The molecular formula is C16H24F2N2O. The highest BCUT2D eigenvalue weighted by molar-refractivity contribution is 5.21. The highest BCUT2D eigenvalue weighted by Gasteiger charge is 2.17. The fraction of sp³-hybridized carbons (Fsp3) is 0.625. The molecule has 1 saturated heterocycles. The summed E-state index contributed by atoms with van der Waals surface area (Å²) in [6.07, 6.45) is 2.57. The van der Waals surface area contributed by atoms with Crippen molar-refractivity contribution in [2.45, 2.75) is 25.4 Å². The quantitative estimate of drug-likeness (QED) is 0.791. The molecule has 1 aliphatic rings. The highest BCUT2D eigenvalue weighted by atomic mass is 19.1. The number of piperidine rings is 1.